The molecule has 2 aliphatic carbocycles. The van der Waals surface area contributed by atoms with E-state index in [1.165, 1.54) is 25.3 Å². The van der Waals surface area contributed by atoms with Gasteiger partial charge in [0.25, 0.3) is 0 Å². The summed E-state index contributed by atoms with van der Waals surface area (Å²) in [5, 5.41) is 0. The number of Topliss-reactive ketones (excluding diaryl/α,β-unsaturated/α-hetero) is 4. The second kappa shape index (κ2) is 8.95. The van der Waals surface area contributed by atoms with Gasteiger partial charge in [-0.05, 0) is 28.5 Å². The van der Waals surface area contributed by atoms with Gasteiger partial charge in [-0.25, -0.2) is 0 Å². The van der Waals surface area contributed by atoms with Crippen LogP contribution >= 0.6 is 0 Å². The van der Waals surface area contributed by atoms with Gasteiger partial charge in [0.1, 0.15) is 23.1 Å². The average molecular weight is 465 g/mol. The second-order valence-corrected chi connectivity index (χ2v) is 10.7. The predicted octanol–water partition coefficient (Wildman–Crippen LogP) is 4.53. The summed E-state index contributed by atoms with van der Waals surface area (Å²) in [6.07, 6.45) is 0.488. The number of benzene rings is 1. The topological polar surface area (TPSA) is 86.7 Å². The van der Waals surface area contributed by atoms with Gasteiger partial charge in [0.2, 0.25) is 0 Å². The first kappa shape index (κ1) is 25.0. The molecule has 0 unspecified atom stereocenters. The van der Waals surface area contributed by atoms with Crippen LogP contribution in [0.3, 0.4) is 0 Å². The molecule has 2 aliphatic rings. The molecule has 180 valence electrons. The van der Waals surface area contributed by atoms with Gasteiger partial charge in [-0.2, -0.15) is 8.78 Å². The molecule has 0 aromatic heterocycles. The molecule has 0 bridgehead atoms. The first-order chi connectivity index (χ1) is 15.2. The van der Waals surface area contributed by atoms with E-state index in [4.69, 9.17) is 4.74 Å². The van der Waals surface area contributed by atoms with Crippen molar-refractivity contribution in [3.05, 3.63) is 23.8 Å². The van der Waals surface area contributed by atoms with E-state index < -0.39 is 35.2 Å². The molecular weight excluding hydrogens is 434 g/mol. The normalized spacial score (nSPS) is 21.7. The minimum absolute atomic E-state index is 0.0302. The number of ketones is 4. The Morgan fingerprint density at radius 1 is 0.788 bits per heavy atom. The molecule has 0 spiro atoms. The maximum Gasteiger partial charge on any atom is 0.387 e. The highest BCUT2D eigenvalue weighted by atomic mass is 19.3. The van der Waals surface area contributed by atoms with Crippen molar-refractivity contribution < 1.29 is 37.4 Å². The van der Waals surface area contributed by atoms with Gasteiger partial charge in [0.15, 0.2) is 11.5 Å². The third kappa shape index (κ3) is 5.31. The number of hydrogen-bond donors (Lipinski definition) is 0. The van der Waals surface area contributed by atoms with Crippen molar-refractivity contribution in [2.75, 3.05) is 7.11 Å². The molecule has 0 saturated heterocycles. The van der Waals surface area contributed by atoms with E-state index in [0.717, 1.165) is 0 Å². The average Bonchev–Trinajstić information content (AvgIpc) is 2.63. The third-order valence-corrected chi connectivity index (χ3v) is 6.51. The first-order valence-electron chi connectivity index (χ1n) is 11.0. The molecule has 0 aliphatic heterocycles. The number of methoxy groups -OCH3 is 1. The molecular formula is C25H30F2O6. The van der Waals surface area contributed by atoms with E-state index in [1.54, 1.807) is 0 Å². The highest BCUT2D eigenvalue weighted by molar-refractivity contribution is 6.11. The van der Waals surface area contributed by atoms with Gasteiger partial charge in [0, 0.05) is 31.6 Å². The van der Waals surface area contributed by atoms with E-state index in [0.29, 0.717) is 0 Å². The Morgan fingerprint density at radius 3 is 1.58 bits per heavy atom. The lowest BCUT2D eigenvalue weighted by atomic mass is 9.59. The van der Waals surface area contributed by atoms with Crippen LogP contribution in [0.5, 0.6) is 11.5 Å². The molecule has 0 radical (unpaired) electrons. The van der Waals surface area contributed by atoms with Crippen molar-refractivity contribution in [1.82, 2.24) is 0 Å². The van der Waals surface area contributed by atoms with Crippen LogP contribution in [-0.2, 0) is 19.2 Å². The highest BCUT2D eigenvalue weighted by Crippen LogP contribution is 2.48. The molecule has 0 N–H and O–H groups in total. The Bertz CT molecular complexity index is 893. The number of halogens is 2. The maximum atomic E-state index is 13.2. The summed E-state index contributed by atoms with van der Waals surface area (Å²) in [4.78, 5) is 52.7. The summed E-state index contributed by atoms with van der Waals surface area (Å²) in [6, 6.07) is 4.13. The number of carbonyl (C=O) groups is 4. The van der Waals surface area contributed by atoms with E-state index in [1.807, 2.05) is 27.7 Å². The summed E-state index contributed by atoms with van der Waals surface area (Å²) in [5.74, 6) is -5.14. The van der Waals surface area contributed by atoms with Crippen LogP contribution in [0, 0.1) is 22.7 Å². The number of ether oxygens (including phenoxy) is 2. The van der Waals surface area contributed by atoms with Gasteiger partial charge in [-0.15, -0.1) is 0 Å². The lowest BCUT2D eigenvalue weighted by Gasteiger charge is -2.41. The van der Waals surface area contributed by atoms with Crippen LogP contribution in [0.25, 0.3) is 0 Å². The molecule has 0 atom stereocenters. The van der Waals surface area contributed by atoms with E-state index in [-0.39, 0.29) is 65.9 Å². The summed E-state index contributed by atoms with van der Waals surface area (Å²) in [7, 11) is 1.29. The van der Waals surface area contributed by atoms with Gasteiger partial charge in [-0.3, -0.25) is 19.2 Å². The smallest absolute Gasteiger partial charge is 0.387 e. The molecule has 2 fully saturated rings. The van der Waals surface area contributed by atoms with Crippen LogP contribution < -0.4 is 9.47 Å². The van der Waals surface area contributed by atoms with Gasteiger partial charge >= 0.3 is 6.61 Å². The molecule has 0 heterocycles. The van der Waals surface area contributed by atoms with Gasteiger partial charge < -0.3 is 9.47 Å². The van der Waals surface area contributed by atoms with Crippen LogP contribution in [-0.4, -0.2) is 36.9 Å². The Hall–Kier alpha value is -2.64. The summed E-state index contributed by atoms with van der Waals surface area (Å²) in [5.41, 5.74) is -0.798. The molecule has 6 nitrogen and oxygen atoms in total. The van der Waals surface area contributed by atoms with Crippen molar-refractivity contribution in [3.8, 4) is 11.5 Å². The summed E-state index contributed by atoms with van der Waals surface area (Å²) < 4.78 is 35.7. The Balaban J connectivity index is 2.15. The fourth-order valence-corrected chi connectivity index (χ4v) is 5.28. The monoisotopic (exact) mass is 464 g/mol. The zero-order chi connectivity index (χ0) is 24.7. The van der Waals surface area contributed by atoms with Crippen molar-refractivity contribution in [2.24, 2.45) is 22.7 Å². The molecule has 8 heteroatoms. The lowest BCUT2D eigenvalue weighted by Crippen LogP contribution is -2.48. The standard InChI is InChI=1S/C25H30F2O6/c1-24(2)9-14(28)21(15(29)10-24)20(22-16(30)11-25(3,4)12-17(22)31)13-6-7-18(32-5)19(8-13)33-23(26)27/h6-8,20-23H,9-12H2,1-5H3. The predicted molar refractivity (Wildman–Crippen MR) is 115 cm³/mol. The van der Waals surface area contributed by atoms with Crippen molar-refractivity contribution in [1.29, 1.82) is 0 Å². The van der Waals surface area contributed by atoms with Crippen LogP contribution in [0.2, 0.25) is 0 Å². The Labute approximate surface area is 192 Å². The molecule has 1 aromatic carbocycles. The van der Waals surface area contributed by atoms with Crippen LogP contribution in [0.1, 0.15) is 64.9 Å². The van der Waals surface area contributed by atoms with E-state index in [9.17, 15) is 28.0 Å². The van der Waals surface area contributed by atoms with E-state index >= 15 is 0 Å². The van der Waals surface area contributed by atoms with Crippen molar-refractivity contribution in [2.45, 2.75) is 65.9 Å². The molecule has 0 amide bonds. The zero-order valence-corrected chi connectivity index (χ0v) is 19.6. The highest BCUT2D eigenvalue weighted by Gasteiger charge is 2.52. The summed E-state index contributed by atoms with van der Waals surface area (Å²) in [6.45, 7) is 4.13. The van der Waals surface area contributed by atoms with Gasteiger partial charge in [0.05, 0.1) is 18.9 Å². The SMILES string of the molecule is COc1ccc(C(C2C(=O)CC(C)(C)CC2=O)C2C(=O)CC(C)(C)CC2=O)cc1OC(F)F. The quantitative estimate of drug-likeness (QED) is 0.575. The molecule has 1 aromatic rings. The van der Waals surface area contributed by atoms with Gasteiger partial charge in [-0.1, -0.05) is 33.8 Å². The zero-order valence-electron chi connectivity index (χ0n) is 19.6. The number of carbonyl (C=O) groups excluding carboxylic acids is 4. The van der Waals surface area contributed by atoms with Crippen LogP contribution in [0.4, 0.5) is 8.78 Å². The fraction of sp³-hybridized carbons (Fsp3) is 0.600. The number of alkyl halides is 2. The second-order valence-electron chi connectivity index (χ2n) is 10.7. The van der Waals surface area contributed by atoms with Crippen molar-refractivity contribution >= 4 is 23.1 Å². The Morgan fingerprint density at radius 2 is 1.21 bits per heavy atom. The Kier molecular flexibility index (Phi) is 6.78. The summed E-state index contributed by atoms with van der Waals surface area (Å²) >= 11 is 0. The maximum absolute atomic E-state index is 13.2. The minimum atomic E-state index is -3.13. The number of hydrogen-bond acceptors (Lipinski definition) is 6. The van der Waals surface area contributed by atoms with E-state index in [2.05, 4.69) is 4.74 Å². The lowest BCUT2D eigenvalue weighted by molar-refractivity contribution is -0.145. The molecule has 2 saturated carbocycles. The largest absolute Gasteiger partial charge is 0.493 e. The fourth-order valence-electron chi connectivity index (χ4n) is 5.28. The number of rotatable bonds is 6. The minimum Gasteiger partial charge on any atom is -0.493 e. The molecule has 33 heavy (non-hydrogen) atoms. The molecule has 3 rings (SSSR count). The van der Waals surface area contributed by atoms with Crippen LogP contribution in [0.15, 0.2) is 18.2 Å². The first-order valence-corrected chi connectivity index (χ1v) is 11.0. The van der Waals surface area contributed by atoms with Crippen molar-refractivity contribution in [3.63, 3.8) is 0 Å². The third-order valence-electron chi connectivity index (χ3n) is 6.51.